The molecule has 0 saturated carbocycles. The number of carbonyl (C=O) groups is 1. The minimum atomic E-state index is -0.373. The topological polar surface area (TPSA) is 67.8 Å². The number of rotatable bonds is 5. The van der Waals surface area contributed by atoms with Crippen LogP contribution in [-0.2, 0) is 11.2 Å². The first-order valence-corrected chi connectivity index (χ1v) is 11.6. The van der Waals surface area contributed by atoms with Crippen LogP contribution in [-0.4, -0.2) is 53.3 Å². The van der Waals surface area contributed by atoms with Crippen LogP contribution in [0.5, 0.6) is 5.75 Å². The highest BCUT2D eigenvalue weighted by atomic mass is 32.1. The molecule has 0 bridgehead atoms. The van der Waals surface area contributed by atoms with Crippen molar-refractivity contribution in [2.45, 2.75) is 59.6 Å². The average Bonchev–Trinajstić information content (AvgIpc) is 3.19. The van der Waals surface area contributed by atoms with E-state index in [2.05, 4.69) is 47.8 Å². The van der Waals surface area contributed by atoms with Gasteiger partial charge in [0.15, 0.2) is 11.6 Å². The molecule has 33 heavy (non-hydrogen) atoms. The number of pyridine rings is 2. The summed E-state index contributed by atoms with van der Waals surface area (Å²) in [4.78, 5) is 25.6. The normalized spacial score (nSPS) is 19.0. The molecular formula is C25H36N4O3S. The third-order valence-corrected chi connectivity index (χ3v) is 6.25. The van der Waals surface area contributed by atoms with Crippen LogP contribution in [0.15, 0.2) is 24.4 Å². The summed E-state index contributed by atoms with van der Waals surface area (Å²) in [7, 11) is 0. The molecule has 2 aliphatic rings. The van der Waals surface area contributed by atoms with Gasteiger partial charge in [-0.3, -0.25) is 14.8 Å². The largest absolute Gasteiger partial charge is 0.488 e. The summed E-state index contributed by atoms with van der Waals surface area (Å²) in [6.45, 7) is 13.1. The van der Waals surface area contributed by atoms with E-state index >= 15 is 0 Å². The molecule has 0 spiro atoms. The number of ether oxygens (including phenoxy) is 2. The number of carbonyl (C=O) groups excluding carboxylic acids is 1. The van der Waals surface area contributed by atoms with Gasteiger partial charge in [-0.25, -0.2) is 9.78 Å². The van der Waals surface area contributed by atoms with Gasteiger partial charge in [-0.05, 0) is 89.2 Å². The lowest BCUT2D eigenvalue weighted by atomic mass is 9.98. The summed E-state index contributed by atoms with van der Waals surface area (Å²) in [6.07, 6.45) is 3.61. The molecule has 2 aromatic rings. The molecule has 180 valence electrons. The molecule has 2 aliphatic heterocycles. The molecule has 1 unspecified atom stereocenters. The molecule has 7 nitrogen and oxygen atoms in total. The lowest BCUT2D eigenvalue weighted by molar-refractivity contribution is 0.120. The van der Waals surface area contributed by atoms with E-state index in [1.165, 1.54) is 12.0 Å². The monoisotopic (exact) mass is 472 g/mol. The second kappa shape index (κ2) is 10.7. The number of aryl methyl sites for hydroxylation is 2. The van der Waals surface area contributed by atoms with Gasteiger partial charge in [0, 0.05) is 30.2 Å². The second-order valence-corrected chi connectivity index (χ2v) is 9.31. The maximum Gasteiger partial charge on any atom is 0.415 e. The smallest absolute Gasteiger partial charge is 0.415 e. The van der Waals surface area contributed by atoms with Gasteiger partial charge in [0.1, 0.15) is 6.61 Å². The maximum absolute atomic E-state index is 12.4. The van der Waals surface area contributed by atoms with Crippen LogP contribution < -0.4 is 9.64 Å². The Labute approximate surface area is 203 Å². The Hall–Kier alpha value is -2.32. The van der Waals surface area contributed by atoms with Crippen molar-refractivity contribution in [3.63, 3.8) is 0 Å². The van der Waals surface area contributed by atoms with Gasteiger partial charge in [0.2, 0.25) is 0 Å². The third-order valence-electron chi connectivity index (χ3n) is 6.25. The molecule has 2 aromatic heterocycles. The fourth-order valence-corrected chi connectivity index (χ4v) is 4.75. The Kier molecular flexibility index (Phi) is 8.23. The zero-order valence-electron chi connectivity index (χ0n) is 20.3. The highest BCUT2D eigenvalue weighted by Crippen LogP contribution is 2.35. The van der Waals surface area contributed by atoms with Gasteiger partial charge in [0.25, 0.3) is 0 Å². The zero-order chi connectivity index (χ0) is 22.8. The van der Waals surface area contributed by atoms with Crippen molar-refractivity contribution in [2.75, 3.05) is 31.1 Å². The number of amides is 1. The molecule has 1 amide bonds. The van der Waals surface area contributed by atoms with Gasteiger partial charge in [-0.15, -0.1) is 0 Å². The Morgan fingerprint density at radius 1 is 1.18 bits per heavy atom. The van der Waals surface area contributed by atoms with Crippen LogP contribution in [0.1, 0.15) is 55.7 Å². The molecule has 0 aromatic carbocycles. The number of likely N-dealkylation sites (tertiary alicyclic amines) is 1. The van der Waals surface area contributed by atoms with Crippen LogP contribution in [0.25, 0.3) is 0 Å². The number of hydrogen-bond donors (Lipinski definition) is 0. The summed E-state index contributed by atoms with van der Waals surface area (Å²) in [6, 6.07) is 6.69. The van der Waals surface area contributed by atoms with E-state index < -0.39 is 0 Å². The first kappa shape index (κ1) is 25.3. The molecule has 4 rings (SSSR count). The lowest BCUT2D eigenvalue weighted by Gasteiger charge is -2.30. The van der Waals surface area contributed by atoms with Crippen LogP contribution in [0.3, 0.4) is 0 Å². The molecule has 0 aliphatic carbocycles. The summed E-state index contributed by atoms with van der Waals surface area (Å²) in [5.41, 5.74) is 4.68. The first-order valence-electron chi connectivity index (χ1n) is 11.6. The van der Waals surface area contributed by atoms with E-state index in [1.54, 1.807) is 4.90 Å². The number of nitrogens with zero attached hydrogens (tertiary/aromatic N) is 4. The summed E-state index contributed by atoms with van der Waals surface area (Å²) in [5.74, 6) is 1.84. The maximum atomic E-state index is 12.4. The molecule has 1 saturated heterocycles. The molecule has 1 fully saturated rings. The molecule has 2 atom stereocenters. The van der Waals surface area contributed by atoms with Gasteiger partial charge in [-0.2, -0.15) is 13.5 Å². The van der Waals surface area contributed by atoms with Crippen molar-refractivity contribution < 1.29 is 14.3 Å². The van der Waals surface area contributed by atoms with Crippen molar-refractivity contribution in [3.05, 3.63) is 46.9 Å². The van der Waals surface area contributed by atoms with Crippen LogP contribution in [0.2, 0.25) is 0 Å². The number of anilines is 1. The summed E-state index contributed by atoms with van der Waals surface area (Å²) in [5, 5.41) is 0. The van der Waals surface area contributed by atoms with Gasteiger partial charge in [0.05, 0.1) is 12.6 Å². The molecule has 0 N–H and O–H groups in total. The minimum Gasteiger partial charge on any atom is -0.488 e. The van der Waals surface area contributed by atoms with Crippen molar-refractivity contribution >= 4 is 25.4 Å². The van der Waals surface area contributed by atoms with Gasteiger partial charge < -0.3 is 9.47 Å². The van der Waals surface area contributed by atoms with Crippen LogP contribution >= 0.6 is 13.5 Å². The highest BCUT2D eigenvalue weighted by molar-refractivity contribution is 7.59. The fraction of sp³-hybridized carbons (Fsp3) is 0.560. The van der Waals surface area contributed by atoms with E-state index in [4.69, 9.17) is 9.47 Å². The van der Waals surface area contributed by atoms with Gasteiger partial charge >= 0.3 is 6.09 Å². The highest BCUT2D eigenvalue weighted by Gasteiger charge is 2.30. The van der Waals surface area contributed by atoms with Crippen molar-refractivity contribution in [2.24, 2.45) is 5.92 Å². The summed E-state index contributed by atoms with van der Waals surface area (Å²) >= 11 is 0. The van der Waals surface area contributed by atoms with E-state index in [0.29, 0.717) is 30.6 Å². The van der Waals surface area contributed by atoms with Gasteiger partial charge in [-0.1, -0.05) is 0 Å². The number of fused-ring (bicyclic) bond motifs is 1. The molecule has 0 radical (unpaired) electrons. The van der Waals surface area contributed by atoms with Crippen molar-refractivity contribution in [1.82, 2.24) is 14.9 Å². The average molecular weight is 473 g/mol. The van der Waals surface area contributed by atoms with Crippen LogP contribution in [0.4, 0.5) is 10.6 Å². The van der Waals surface area contributed by atoms with Crippen molar-refractivity contribution in [1.29, 1.82) is 0 Å². The first-order chi connectivity index (χ1) is 15.3. The lowest BCUT2D eigenvalue weighted by Crippen LogP contribution is -2.40. The Morgan fingerprint density at radius 2 is 1.91 bits per heavy atom. The number of hydrogen-bond acceptors (Lipinski definition) is 6. The Bertz CT molecular complexity index is 964. The predicted molar refractivity (Wildman–Crippen MR) is 135 cm³/mol. The van der Waals surface area contributed by atoms with E-state index in [-0.39, 0.29) is 31.7 Å². The fourth-order valence-electron chi connectivity index (χ4n) is 4.75. The third kappa shape index (κ3) is 5.98. The second-order valence-electron chi connectivity index (χ2n) is 9.31. The number of aromatic nitrogens is 2. The zero-order valence-corrected chi connectivity index (χ0v) is 21.3. The van der Waals surface area contributed by atoms with E-state index in [9.17, 15) is 4.79 Å². The summed E-state index contributed by atoms with van der Waals surface area (Å²) < 4.78 is 11.2. The predicted octanol–water partition coefficient (Wildman–Crippen LogP) is 4.58. The van der Waals surface area contributed by atoms with E-state index in [1.807, 2.05) is 26.1 Å². The SMILES string of the molecule is Cc1cc(C[C@H]2CCN(C(C)c3cnc4c(c3)OCCN4C(=O)OC(C)C)C2)cc(C)n1.S. The molecule has 8 heteroatoms. The van der Waals surface area contributed by atoms with E-state index in [0.717, 1.165) is 36.5 Å². The van der Waals surface area contributed by atoms with Crippen LogP contribution in [0, 0.1) is 19.8 Å². The quantitative estimate of drug-likeness (QED) is 0.635. The molecular weight excluding hydrogens is 436 g/mol. The standard InChI is InChI=1S/C25H34N4O3.H2S/c1-16(2)32-25(30)29-8-9-31-23-13-22(14-26-24(23)29)19(5)28-7-6-20(15-28)12-21-10-17(3)27-18(4)11-21;/h10-11,13-14,16,19-20H,6-9,12,15H2,1-5H3;1H2/t19?,20-;/m1./s1. The Balaban J connectivity index is 0.00000306. The minimum absolute atomic E-state index is 0. The van der Waals surface area contributed by atoms with Crippen molar-refractivity contribution in [3.8, 4) is 5.75 Å². The molecule has 4 heterocycles. The Morgan fingerprint density at radius 3 is 2.61 bits per heavy atom.